The van der Waals surface area contributed by atoms with E-state index in [9.17, 15) is 23.6 Å². The summed E-state index contributed by atoms with van der Waals surface area (Å²) in [6.07, 6.45) is 8.39. The minimum absolute atomic E-state index is 0.0519. The van der Waals surface area contributed by atoms with E-state index in [2.05, 4.69) is 60.3 Å². The number of carbonyl (C=O) groups is 4. The first-order chi connectivity index (χ1) is 35.0. The lowest BCUT2D eigenvalue weighted by Crippen LogP contribution is -2.54. The van der Waals surface area contributed by atoms with Gasteiger partial charge in [0.25, 0.3) is 5.91 Å². The van der Waals surface area contributed by atoms with Gasteiger partial charge in [0.2, 0.25) is 17.7 Å². The molecule has 4 saturated heterocycles. The minimum Gasteiger partial charge on any atom is -0.495 e. The van der Waals surface area contributed by atoms with E-state index in [0.717, 1.165) is 118 Å². The van der Waals surface area contributed by atoms with Gasteiger partial charge in [-0.2, -0.15) is 0 Å². The first-order valence-electron chi connectivity index (χ1n) is 25.5. The van der Waals surface area contributed by atoms with Crippen molar-refractivity contribution in [3.63, 3.8) is 0 Å². The maximum absolute atomic E-state index is 13.3. The van der Waals surface area contributed by atoms with Gasteiger partial charge in [0.05, 0.1) is 18.3 Å². The molecule has 1 atom stereocenters. The highest BCUT2D eigenvalue weighted by atomic mass is 19.1. The summed E-state index contributed by atoms with van der Waals surface area (Å²) in [6.45, 7) is 13.8. The van der Waals surface area contributed by atoms with Crippen molar-refractivity contribution in [2.75, 3.05) is 86.4 Å². The summed E-state index contributed by atoms with van der Waals surface area (Å²) in [5, 5.41) is 9.28. The van der Waals surface area contributed by atoms with Crippen molar-refractivity contribution in [2.45, 2.75) is 70.0 Å². The standard InChI is InChI=1S/C56H62FN9O6/c1-36-3-14-48(52(67)59-36)66-35-38-31-43(10-13-45(38)53(66)68)63-25-18-42(19-26-63)64-29-27-62(28-30-64)34-37-16-23-65(24-17-37)49-33-47-46(32-51(49)71-2)50(15-22-58-47)72-44-11-8-41(9-12-44)61-55(70)56(20-21-56)54(69)60-40-6-4-39(57)5-7-40/h4-13,15,22,31-33,37,42,48H,1,3,14,16-21,23-30,34-35H2,2H3,(H,59,67)(H,60,69)(H,61,70). The van der Waals surface area contributed by atoms with Crippen LogP contribution in [0.1, 0.15) is 67.3 Å². The van der Waals surface area contributed by atoms with E-state index in [4.69, 9.17) is 14.5 Å². The molecule has 5 aromatic rings. The van der Waals surface area contributed by atoms with Crippen LogP contribution < -0.4 is 35.2 Å². The minimum atomic E-state index is -1.16. The van der Waals surface area contributed by atoms with E-state index in [0.29, 0.717) is 72.6 Å². The fourth-order valence-corrected chi connectivity index (χ4v) is 11.4. The summed E-state index contributed by atoms with van der Waals surface area (Å²) in [4.78, 5) is 69.0. The molecule has 1 aliphatic carbocycles. The van der Waals surface area contributed by atoms with Gasteiger partial charge in [0.15, 0.2) is 0 Å². The number of nitrogens with one attached hydrogen (secondary N) is 3. The Morgan fingerprint density at radius 3 is 2.14 bits per heavy atom. The van der Waals surface area contributed by atoms with Gasteiger partial charge in [-0.05, 0) is 148 Å². The second-order valence-electron chi connectivity index (χ2n) is 20.4. The summed E-state index contributed by atoms with van der Waals surface area (Å²) >= 11 is 0. The molecular weight excluding hydrogens is 914 g/mol. The third-order valence-electron chi connectivity index (χ3n) is 15.9. The number of allylic oxidation sites excluding steroid dienone is 1. The number of methoxy groups -OCH3 is 1. The van der Waals surface area contributed by atoms with Crippen molar-refractivity contribution < 1.29 is 33.0 Å². The topological polar surface area (TPSA) is 152 Å². The molecule has 6 heterocycles. The number of halogens is 1. The zero-order valence-corrected chi connectivity index (χ0v) is 40.8. The molecule has 11 rings (SSSR count). The van der Waals surface area contributed by atoms with Crippen LogP contribution in [0.25, 0.3) is 10.9 Å². The molecule has 374 valence electrons. The Balaban J connectivity index is 0.631. The molecule has 16 heteroatoms. The van der Waals surface area contributed by atoms with E-state index in [1.54, 1.807) is 42.5 Å². The van der Waals surface area contributed by atoms with Crippen LogP contribution in [0.2, 0.25) is 0 Å². The fraction of sp³-hybridized carbons (Fsp3) is 0.411. The number of carbonyl (C=O) groups excluding carboxylic acids is 4. The van der Waals surface area contributed by atoms with Gasteiger partial charge >= 0.3 is 0 Å². The Bertz CT molecular complexity index is 2890. The normalized spacial score (nSPS) is 20.8. The number of piperazine rings is 1. The number of hydrogen-bond donors (Lipinski definition) is 3. The molecule has 72 heavy (non-hydrogen) atoms. The fourth-order valence-electron chi connectivity index (χ4n) is 11.4. The van der Waals surface area contributed by atoms with Crippen molar-refractivity contribution in [3.05, 3.63) is 120 Å². The van der Waals surface area contributed by atoms with Crippen LogP contribution in [-0.2, 0) is 20.9 Å². The molecule has 1 saturated carbocycles. The summed E-state index contributed by atoms with van der Waals surface area (Å²) in [6, 6.07) is 24.8. The highest BCUT2D eigenvalue weighted by molar-refractivity contribution is 6.17. The molecular formula is C56H62FN9O6. The number of benzene rings is 4. The average Bonchev–Trinajstić information content (AvgIpc) is 4.16. The summed E-state index contributed by atoms with van der Waals surface area (Å²) < 4.78 is 25.7. The molecule has 0 bridgehead atoms. The van der Waals surface area contributed by atoms with Crippen molar-refractivity contribution in [1.29, 1.82) is 0 Å². The number of ether oxygens (including phenoxy) is 2. The monoisotopic (exact) mass is 975 g/mol. The molecule has 1 unspecified atom stereocenters. The SMILES string of the molecule is C=C1CCC(N2Cc3cc(N4CCC(N5CCN(CC6CCN(c7cc8nccc(Oc9ccc(NC(=O)C%10(C(=O)Nc%11ccc(F)cc%11)CC%10)cc9)c8cc7OC)CC6)CC5)CC4)ccc3C2=O)C(=O)N1. The molecule has 6 aliphatic rings. The molecule has 15 nitrogen and oxygen atoms in total. The van der Waals surface area contributed by atoms with Crippen LogP contribution in [0, 0.1) is 17.2 Å². The molecule has 1 aromatic heterocycles. The molecule has 5 fully saturated rings. The van der Waals surface area contributed by atoms with Gasteiger partial charge in [0.1, 0.15) is 34.5 Å². The van der Waals surface area contributed by atoms with Crippen LogP contribution in [0.15, 0.2) is 103 Å². The van der Waals surface area contributed by atoms with E-state index in [-0.39, 0.29) is 17.7 Å². The Hall–Kier alpha value is -7.04. The highest BCUT2D eigenvalue weighted by Crippen LogP contribution is 2.48. The van der Waals surface area contributed by atoms with Crippen molar-refractivity contribution in [1.82, 2.24) is 25.0 Å². The number of pyridine rings is 1. The maximum atomic E-state index is 13.3. The first-order valence-corrected chi connectivity index (χ1v) is 25.5. The van der Waals surface area contributed by atoms with Crippen LogP contribution in [0.5, 0.6) is 17.2 Å². The number of fused-ring (bicyclic) bond motifs is 2. The summed E-state index contributed by atoms with van der Waals surface area (Å²) in [7, 11) is 1.70. The first kappa shape index (κ1) is 47.3. The predicted octanol–water partition coefficient (Wildman–Crippen LogP) is 7.78. The lowest BCUT2D eigenvalue weighted by molar-refractivity contribution is -0.131. The van der Waals surface area contributed by atoms with Crippen LogP contribution in [0.3, 0.4) is 0 Å². The quantitative estimate of drug-likeness (QED) is 0.0993. The van der Waals surface area contributed by atoms with Gasteiger partial charge in [-0.3, -0.25) is 29.1 Å². The zero-order valence-electron chi connectivity index (χ0n) is 40.8. The average molecular weight is 976 g/mol. The summed E-state index contributed by atoms with van der Waals surface area (Å²) in [5.74, 6) is 1.23. The van der Waals surface area contributed by atoms with E-state index in [1.807, 2.05) is 18.2 Å². The van der Waals surface area contributed by atoms with Crippen LogP contribution in [-0.4, -0.2) is 121 Å². The number of amides is 4. The van der Waals surface area contributed by atoms with Gasteiger partial charge in [0, 0.05) is 111 Å². The number of anilines is 4. The Kier molecular flexibility index (Phi) is 13.1. The van der Waals surface area contributed by atoms with Crippen LogP contribution in [0.4, 0.5) is 27.1 Å². The lowest BCUT2D eigenvalue weighted by atomic mass is 9.95. The third-order valence-corrected chi connectivity index (χ3v) is 15.9. The van der Waals surface area contributed by atoms with E-state index >= 15 is 0 Å². The second kappa shape index (κ2) is 19.9. The highest BCUT2D eigenvalue weighted by Gasteiger charge is 2.56. The molecule has 3 N–H and O–H groups in total. The van der Waals surface area contributed by atoms with Gasteiger partial charge in [-0.1, -0.05) is 6.58 Å². The number of rotatable bonds is 13. The molecule has 0 radical (unpaired) electrons. The largest absolute Gasteiger partial charge is 0.495 e. The van der Waals surface area contributed by atoms with Gasteiger partial charge in [-0.25, -0.2) is 4.39 Å². The number of piperidine rings is 3. The molecule has 4 aromatic carbocycles. The zero-order chi connectivity index (χ0) is 49.5. The Morgan fingerprint density at radius 2 is 1.47 bits per heavy atom. The van der Waals surface area contributed by atoms with E-state index in [1.165, 1.54) is 30.0 Å². The third kappa shape index (κ3) is 9.69. The molecule has 0 spiro atoms. The smallest absolute Gasteiger partial charge is 0.255 e. The predicted molar refractivity (Wildman–Crippen MR) is 275 cm³/mol. The van der Waals surface area contributed by atoms with Crippen LogP contribution >= 0.6 is 0 Å². The second-order valence-corrected chi connectivity index (χ2v) is 20.4. The maximum Gasteiger partial charge on any atom is 0.255 e. The Labute approximate surface area is 419 Å². The lowest BCUT2D eigenvalue weighted by Gasteiger charge is -2.44. The van der Waals surface area contributed by atoms with Crippen molar-refractivity contribution >= 4 is 57.3 Å². The van der Waals surface area contributed by atoms with Gasteiger partial charge in [-0.15, -0.1) is 0 Å². The number of hydrogen-bond acceptors (Lipinski definition) is 11. The number of nitrogens with zero attached hydrogens (tertiary/aromatic N) is 6. The van der Waals surface area contributed by atoms with E-state index < -0.39 is 23.2 Å². The number of aromatic nitrogens is 1. The van der Waals surface area contributed by atoms with Crippen molar-refractivity contribution in [3.8, 4) is 17.2 Å². The molecule has 4 amide bonds. The van der Waals surface area contributed by atoms with Crippen molar-refractivity contribution in [2.24, 2.45) is 11.3 Å². The summed E-state index contributed by atoms with van der Waals surface area (Å²) in [5.41, 5.74) is 5.26. The molecule has 5 aliphatic heterocycles. The Morgan fingerprint density at radius 1 is 0.792 bits per heavy atom. The van der Waals surface area contributed by atoms with Gasteiger partial charge < -0.3 is 45.0 Å².